The molecule has 1 N–H and O–H groups in total. The van der Waals surface area contributed by atoms with Crippen LogP contribution in [0, 0.1) is 17.2 Å². The van der Waals surface area contributed by atoms with Gasteiger partial charge in [-0.05, 0) is 19.3 Å². The van der Waals surface area contributed by atoms with Gasteiger partial charge in [0, 0.05) is 19.3 Å². The van der Waals surface area contributed by atoms with E-state index >= 15 is 0 Å². The molecule has 1 aromatic heterocycles. The van der Waals surface area contributed by atoms with E-state index in [1.54, 1.807) is 0 Å². The minimum absolute atomic E-state index is 0.147. The molecular weight excluding hydrogens is 212 g/mol. The predicted octanol–water partition coefficient (Wildman–Crippen LogP) is 2.48. The number of nitriles is 1. The van der Waals surface area contributed by atoms with Crippen molar-refractivity contribution in [3.63, 3.8) is 0 Å². The minimum Gasteiger partial charge on any atom is -0.378 e. The highest BCUT2D eigenvalue weighted by molar-refractivity contribution is 5.47. The highest BCUT2D eigenvalue weighted by Crippen LogP contribution is 2.27. The van der Waals surface area contributed by atoms with Crippen LogP contribution >= 0.6 is 0 Å². The van der Waals surface area contributed by atoms with Crippen molar-refractivity contribution in [2.45, 2.75) is 45.1 Å². The average molecular weight is 232 g/mol. The van der Waals surface area contributed by atoms with E-state index in [1.807, 2.05) is 17.9 Å². The van der Waals surface area contributed by atoms with Gasteiger partial charge in [-0.25, -0.2) is 0 Å². The van der Waals surface area contributed by atoms with Crippen LogP contribution in [0.4, 0.5) is 5.69 Å². The Balaban J connectivity index is 2.11. The van der Waals surface area contributed by atoms with Crippen LogP contribution in [-0.2, 0) is 13.5 Å². The molecule has 1 aliphatic rings. The molecule has 2 atom stereocenters. The highest BCUT2D eigenvalue weighted by atomic mass is 15.3. The molecule has 1 aliphatic carbocycles. The third kappa shape index (κ3) is 2.60. The molecule has 1 fully saturated rings. The van der Waals surface area contributed by atoms with Crippen LogP contribution < -0.4 is 5.32 Å². The van der Waals surface area contributed by atoms with Crippen molar-refractivity contribution >= 4 is 5.69 Å². The summed E-state index contributed by atoms with van der Waals surface area (Å²) in [5.41, 5.74) is 2.19. The molecule has 0 aliphatic heterocycles. The molecule has 17 heavy (non-hydrogen) atoms. The molecule has 2 rings (SSSR count). The Morgan fingerprint density at radius 1 is 1.53 bits per heavy atom. The second-order valence-electron chi connectivity index (χ2n) is 4.79. The van der Waals surface area contributed by atoms with Crippen LogP contribution in [-0.4, -0.2) is 15.8 Å². The van der Waals surface area contributed by atoms with Crippen molar-refractivity contribution in [1.29, 1.82) is 5.26 Å². The number of rotatable bonds is 3. The van der Waals surface area contributed by atoms with E-state index in [9.17, 15) is 0 Å². The lowest BCUT2D eigenvalue weighted by molar-refractivity contribution is 0.388. The standard InChI is InChI=1S/C13H20N4/c1-3-11-13(9-17(2)16-11)15-12-7-5-4-6-10(12)8-14/h9-10,12,15H,3-7H2,1-2H3. The second kappa shape index (κ2) is 5.22. The fraction of sp³-hybridized carbons (Fsp3) is 0.692. The number of aromatic nitrogens is 2. The van der Waals surface area contributed by atoms with Gasteiger partial charge in [-0.2, -0.15) is 10.4 Å². The quantitative estimate of drug-likeness (QED) is 0.871. The largest absolute Gasteiger partial charge is 0.378 e. The summed E-state index contributed by atoms with van der Waals surface area (Å²) in [6.45, 7) is 2.11. The summed E-state index contributed by atoms with van der Waals surface area (Å²) in [6.07, 6.45) is 7.46. The molecule has 0 amide bonds. The third-order valence-electron chi connectivity index (χ3n) is 3.51. The number of hydrogen-bond acceptors (Lipinski definition) is 3. The van der Waals surface area contributed by atoms with Gasteiger partial charge in [-0.15, -0.1) is 0 Å². The van der Waals surface area contributed by atoms with Crippen molar-refractivity contribution in [3.8, 4) is 6.07 Å². The SMILES string of the molecule is CCc1nn(C)cc1NC1CCCCC1C#N. The van der Waals surface area contributed by atoms with Crippen LogP contribution in [0.1, 0.15) is 38.3 Å². The van der Waals surface area contributed by atoms with Crippen molar-refractivity contribution in [2.24, 2.45) is 13.0 Å². The number of aryl methyl sites for hydroxylation is 2. The number of anilines is 1. The summed E-state index contributed by atoms with van der Waals surface area (Å²) in [7, 11) is 1.94. The number of nitrogens with zero attached hydrogens (tertiary/aromatic N) is 3. The maximum atomic E-state index is 9.16. The van der Waals surface area contributed by atoms with E-state index in [4.69, 9.17) is 5.26 Å². The molecule has 0 saturated heterocycles. The lowest BCUT2D eigenvalue weighted by atomic mass is 9.85. The minimum atomic E-state index is 0.147. The smallest absolute Gasteiger partial charge is 0.0853 e. The first-order chi connectivity index (χ1) is 8.24. The second-order valence-corrected chi connectivity index (χ2v) is 4.79. The summed E-state index contributed by atoms with van der Waals surface area (Å²) >= 11 is 0. The predicted molar refractivity (Wildman–Crippen MR) is 67.6 cm³/mol. The maximum Gasteiger partial charge on any atom is 0.0853 e. The molecule has 1 heterocycles. The van der Waals surface area contributed by atoms with Gasteiger partial charge in [0.15, 0.2) is 0 Å². The van der Waals surface area contributed by atoms with E-state index in [1.165, 1.54) is 12.8 Å². The highest BCUT2D eigenvalue weighted by Gasteiger charge is 2.25. The van der Waals surface area contributed by atoms with Crippen LogP contribution in [0.3, 0.4) is 0 Å². The molecule has 4 nitrogen and oxygen atoms in total. The Kier molecular flexibility index (Phi) is 3.68. The maximum absolute atomic E-state index is 9.16. The molecule has 2 unspecified atom stereocenters. The van der Waals surface area contributed by atoms with Gasteiger partial charge in [0.25, 0.3) is 0 Å². The monoisotopic (exact) mass is 232 g/mol. The zero-order chi connectivity index (χ0) is 12.3. The zero-order valence-electron chi connectivity index (χ0n) is 10.6. The molecule has 1 saturated carbocycles. The normalized spacial score (nSPS) is 24.3. The first-order valence-corrected chi connectivity index (χ1v) is 6.43. The molecule has 1 aromatic rings. The van der Waals surface area contributed by atoms with E-state index in [0.717, 1.165) is 30.6 Å². The first kappa shape index (κ1) is 12.0. The van der Waals surface area contributed by atoms with E-state index in [-0.39, 0.29) is 5.92 Å². The Morgan fingerprint density at radius 3 is 3.00 bits per heavy atom. The number of nitrogens with one attached hydrogen (secondary N) is 1. The molecule has 4 heteroatoms. The van der Waals surface area contributed by atoms with Crippen LogP contribution in [0.5, 0.6) is 0 Å². The summed E-state index contributed by atoms with van der Waals surface area (Å²) in [5.74, 6) is 0.147. The lowest BCUT2D eigenvalue weighted by Gasteiger charge is -2.28. The van der Waals surface area contributed by atoms with Gasteiger partial charge >= 0.3 is 0 Å². The topological polar surface area (TPSA) is 53.6 Å². The molecular formula is C13H20N4. The summed E-state index contributed by atoms with van der Waals surface area (Å²) < 4.78 is 1.84. The lowest BCUT2D eigenvalue weighted by Crippen LogP contribution is -2.31. The van der Waals surface area contributed by atoms with Gasteiger partial charge in [0.2, 0.25) is 0 Å². The fourth-order valence-electron chi connectivity index (χ4n) is 2.57. The molecule has 0 aromatic carbocycles. The van der Waals surface area contributed by atoms with Crippen LogP contribution in [0.2, 0.25) is 0 Å². The van der Waals surface area contributed by atoms with Gasteiger partial charge in [-0.1, -0.05) is 19.8 Å². The van der Waals surface area contributed by atoms with Crippen LogP contribution in [0.25, 0.3) is 0 Å². The van der Waals surface area contributed by atoms with Crippen molar-refractivity contribution in [2.75, 3.05) is 5.32 Å². The van der Waals surface area contributed by atoms with Crippen molar-refractivity contribution in [3.05, 3.63) is 11.9 Å². The molecule has 0 bridgehead atoms. The average Bonchev–Trinajstić information content (AvgIpc) is 2.70. The summed E-state index contributed by atoms with van der Waals surface area (Å²) in [6, 6.07) is 2.72. The summed E-state index contributed by atoms with van der Waals surface area (Å²) in [5, 5.41) is 17.1. The van der Waals surface area contributed by atoms with E-state index in [2.05, 4.69) is 23.4 Å². The fourth-order valence-corrected chi connectivity index (χ4v) is 2.57. The van der Waals surface area contributed by atoms with Gasteiger partial charge < -0.3 is 5.32 Å². The van der Waals surface area contributed by atoms with E-state index in [0.29, 0.717) is 6.04 Å². The molecule has 0 radical (unpaired) electrons. The molecule has 92 valence electrons. The van der Waals surface area contributed by atoms with Gasteiger partial charge in [-0.3, -0.25) is 4.68 Å². The van der Waals surface area contributed by atoms with Crippen molar-refractivity contribution < 1.29 is 0 Å². The van der Waals surface area contributed by atoms with E-state index < -0.39 is 0 Å². The van der Waals surface area contributed by atoms with Crippen molar-refractivity contribution in [1.82, 2.24) is 9.78 Å². The third-order valence-corrected chi connectivity index (χ3v) is 3.51. The number of hydrogen-bond donors (Lipinski definition) is 1. The summed E-state index contributed by atoms with van der Waals surface area (Å²) in [4.78, 5) is 0. The molecule has 0 spiro atoms. The Bertz CT molecular complexity index is 416. The zero-order valence-corrected chi connectivity index (χ0v) is 10.6. The Labute approximate surface area is 103 Å². The Hall–Kier alpha value is -1.50. The van der Waals surface area contributed by atoms with Gasteiger partial charge in [0.1, 0.15) is 0 Å². The first-order valence-electron chi connectivity index (χ1n) is 6.43. The van der Waals surface area contributed by atoms with Gasteiger partial charge in [0.05, 0.1) is 23.4 Å². The van der Waals surface area contributed by atoms with Crippen LogP contribution in [0.15, 0.2) is 6.20 Å². The Morgan fingerprint density at radius 2 is 2.29 bits per heavy atom.